The van der Waals surface area contributed by atoms with Gasteiger partial charge in [0.15, 0.2) is 0 Å². The van der Waals surface area contributed by atoms with Crippen molar-refractivity contribution in [2.45, 2.75) is 44.9 Å². The van der Waals surface area contributed by atoms with Gasteiger partial charge >= 0.3 is 0 Å². The highest BCUT2D eigenvalue weighted by atomic mass is 32.2. The zero-order valence-corrected chi connectivity index (χ0v) is 12.8. The van der Waals surface area contributed by atoms with E-state index in [2.05, 4.69) is 11.8 Å². The SMILES string of the molecule is CCC(CN)N1CCN(S(=O)(=O)C(C)(C)C)CC1. The molecule has 0 aromatic heterocycles. The van der Waals surface area contributed by atoms with Crippen LogP contribution in [0.5, 0.6) is 0 Å². The lowest BCUT2D eigenvalue weighted by atomic mass is 10.1. The van der Waals surface area contributed by atoms with Crippen LogP contribution in [0.3, 0.4) is 0 Å². The molecule has 0 radical (unpaired) electrons. The Kier molecular flexibility index (Phi) is 5.17. The standard InChI is InChI=1S/C12H27N3O2S/c1-5-11(10-13)14-6-8-15(9-7-14)18(16,17)12(2,3)4/h11H,5-10,13H2,1-4H3. The predicted molar refractivity (Wildman–Crippen MR) is 75.0 cm³/mol. The van der Waals surface area contributed by atoms with E-state index >= 15 is 0 Å². The van der Waals surface area contributed by atoms with Crippen LogP contribution in [0.4, 0.5) is 0 Å². The van der Waals surface area contributed by atoms with Gasteiger partial charge in [-0.2, -0.15) is 4.31 Å². The molecule has 1 rings (SSSR count). The third-order valence-corrected chi connectivity index (χ3v) is 6.24. The third kappa shape index (κ3) is 3.23. The minimum atomic E-state index is -3.19. The molecule has 5 nitrogen and oxygen atoms in total. The zero-order valence-electron chi connectivity index (χ0n) is 12.0. The lowest BCUT2D eigenvalue weighted by Gasteiger charge is -2.40. The number of nitrogens with two attached hydrogens (primary N) is 1. The fraction of sp³-hybridized carbons (Fsp3) is 1.00. The molecule has 18 heavy (non-hydrogen) atoms. The second-order valence-corrected chi connectivity index (χ2v) is 8.54. The molecule has 1 saturated heterocycles. The van der Waals surface area contributed by atoms with E-state index in [0.717, 1.165) is 19.5 Å². The predicted octanol–water partition coefficient (Wildman–Crippen LogP) is 0.470. The molecular weight excluding hydrogens is 250 g/mol. The van der Waals surface area contributed by atoms with E-state index in [0.29, 0.717) is 25.7 Å². The van der Waals surface area contributed by atoms with Crippen LogP contribution < -0.4 is 5.73 Å². The van der Waals surface area contributed by atoms with Crippen LogP contribution in [-0.2, 0) is 10.0 Å². The summed E-state index contributed by atoms with van der Waals surface area (Å²) in [5.41, 5.74) is 5.73. The van der Waals surface area contributed by atoms with Crippen LogP contribution in [-0.4, -0.2) is 61.1 Å². The zero-order chi connectivity index (χ0) is 14.0. The largest absolute Gasteiger partial charge is 0.329 e. The van der Waals surface area contributed by atoms with E-state index in [1.54, 1.807) is 25.1 Å². The summed E-state index contributed by atoms with van der Waals surface area (Å²) in [7, 11) is -3.19. The molecular formula is C12H27N3O2S. The van der Waals surface area contributed by atoms with Crippen molar-refractivity contribution in [2.24, 2.45) is 5.73 Å². The van der Waals surface area contributed by atoms with Gasteiger partial charge in [-0.3, -0.25) is 4.90 Å². The van der Waals surface area contributed by atoms with Gasteiger partial charge in [0.2, 0.25) is 10.0 Å². The van der Waals surface area contributed by atoms with Gasteiger partial charge in [-0.1, -0.05) is 6.92 Å². The first-order valence-corrected chi connectivity index (χ1v) is 8.12. The Morgan fingerprint density at radius 2 is 1.67 bits per heavy atom. The van der Waals surface area contributed by atoms with Crippen molar-refractivity contribution in [3.63, 3.8) is 0 Å². The second-order valence-electron chi connectivity index (χ2n) is 5.85. The molecule has 1 aliphatic heterocycles. The topological polar surface area (TPSA) is 66.6 Å². The summed E-state index contributed by atoms with van der Waals surface area (Å²) < 4.78 is 25.5. The number of piperazine rings is 1. The van der Waals surface area contributed by atoms with Gasteiger partial charge in [0.1, 0.15) is 0 Å². The van der Waals surface area contributed by atoms with Crippen LogP contribution in [0.15, 0.2) is 0 Å². The smallest absolute Gasteiger partial charge is 0.219 e. The van der Waals surface area contributed by atoms with Crippen LogP contribution in [0, 0.1) is 0 Å². The average Bonchev–Trinajstić information content (AvgIpc) is 2.30. The number of nitrogens with zero attached hydrogens (tertiary/aromatic N) is 2. The number of hydrogen-bond acceptors (Lipinski definition) is 4. The quantitative estimate of drug-likeness (QED) is 0.811. The Morgan fingerprint density at radius 1 is 1.17 bits per heavy atom. The molecule has 1 heterocycles. The van der Waals surface area contributed by atoms with Gasteiger partial charge in [-0.25, -0.2) is 8.42 Å². The van der Waals surface area contributed by atoms with Crippen LogP contribution in [0.25, 0.3) is 0 Å². The van der Waals surface area contributed by atoms with Crippen LogP contribution >= 0.6 is 0 Å². The highest BCUT2D eigenvalue weighted by Gasteiger charge is 2.37. The highest BCUT2D eigenvalue weighted by molar-refractivity contribution is 7.90. The molecule has 2 N–H and O–H groups in total. The Hall–Kier alpha value is -0.170. The molecule has 0 bridgehead atoms. The van der Waals surface area contributed by atoms with Gasteiger partial charge in [-0.15, -0.1) is 0 Å². The lowest BCUT2D eigenvalue weighted by Crippen LogP contribution is -2.56. The van der Waals surface area contributed by atoms with Gasteiger partial charge in [0.25, 0.3) is 0 Å². The molecule has 0 aliphatic carbocycles. The fourth-order valence-electron chi connectivity index (χ4n) is 2.27. The normalized spacial score (nSPS) is 22.1. The van der Waals surface area contributed by atoms with E-state index in [1.807, 2.05) is 0 Å². The van der Waals surface area contributed by atoms with Crippen molar-refractivity contribution in [1.29, 1.82) is 0 Å². The maximum atomic E-state index is 12.3. The lowest BCUT2D eigenvalue weighted by molar-refractivity contribution is 0.136. The average molecular weight is 277 g/mol. The Bertz CT molecular complexity index is 350. The monoisotopic (exact) mass is 277 g/mol. The van der Waals surface area contributed by atoms with E-state index in [9.17, 15) is 8.42 Å². The van der Waals surface area contributed by atoms with Crippen molar-refractivity contribution in [3.05, 3.63) is 0 Å². The molecule has 0 spiro atoms. The van der Waals surface area contributed by atoms with E-state index < -0.39 is 14.8 Å². The Morgan fingerprint density at radius 3 is 2.00 bits per heavy atom. The van der Waals surface area contributed by atoms with Crippen molar-refractivity contribution < 1.29 is 8.42 Å². The Balaban J connectivity index is 2.65. The minimum Gasteiger partial charge on any atom is -0.329 e. The van der Waals surface area contributed by atoms with Gasteiger partial charge < -0.3 is 5.73 Å². The highest BCUT2D eigenvalue weighted by Crippen LogP contribution is 2.22. The molecule has 1 fully saturated rings. The molecule has 1 aliphatic rings. The van der Waals surface area contributed by atoms with Crippen LogP contribution in [0.2, 0.25) is 0 Å². The van der Waals surface area contributed by atoms with E-state index in [4.69, 9.17) is 5.73 Å². The van der Waals surface area contributed by atoms with Crippen LogP contribution in [0.1, 0.15) is 34.1 Å². The summed E-state index contributed by atoms with van der Waals surface area (Å²) in [5, 5.41) is 0. The second kappa shape index (κ2) is 5.86. The van der Waals surface area contributed by atoms with Crippen molar-refractivity contribution in [3.8, 4) is 0 Å². The van der Waals surface area contributed by atoms with Gasteiger partial charge in [0.05, 0.1) is 4.75 Å². The van der Waals surface area contributed by atoms with E-state index in [1.165, 1.54) is 0 Å². The number of sulfonamides is 1. The van der Waals surface area contributed by atoms with Crippen molar-refractivity contribution in [1.82, 2.24) is 9.21 Å². The summed E-state index contributed by atoms with van der Waals surface area (Å²) >= 11 is 0. The molecule has 1 unspecified atom stereocenters. The first-order chi connectivity index (χ1) is 8.24. The summed E-state index contributed by atoms with van der Waals surface area (Å²) in [6, 6.07) is 0.379. The van der Waals surface area contributed by atoms with Crippen molar-refractivity contribution in [2.75, 3.05) is 32.7 Å². The Labute approximate surface area is 111 Å². The molecule has 6 heteroatoms. The summed E-state index contributed by atoms with van der Waals surface area (Å²) in [6.07, 6.45) is 1.02. The molecule has 0 aromatic carbocycles. The molecule has 1 atom stereocenters. The molecule has 0 saturated carbocycles. The molecule has 108 valence electrons. The first kappa shape index (κ1) is 15.9. The summed E-state index contributed by atoms with van der Waals surface area (Å²) in [4.78, 5) is 2.30. The van der Waals surface area contributed by atoms with Gasteiger partial charge in [0, 0.05) is 38.8 Å². The maximum absolute atomic E-state index is 12.3. The third-order valence-electron chi connectivity index (χ3n) is 3.65. The van der Waals surface area contributed by atoms with E-state index in [-0.39, 0.29) is 0 Å². The maximum Gasteiger partial charge on any atom is 0.219 e. The number of rotatable bonds is 4. The fourth-order valence-corrected chi connectivity index (χ4v) is 3.69. The minimum absolute atomic E-state index is 0.379. The van der Waals surface area contributed by atoms with Crippen molar-refractivity contribution >= 4 is 10.0 Å². The summed E-state index contributed by atoms with van der Waals surface area (Å²) in [5.74, 6) is 0. The first-order valence-electron chi connectivity index (χ1n) is 6.67. The van der Waals surface area contributed by atoms with Gasteiger partial charge in [-0.05, 0) is 27.2 Å². The summed E-state index contributed by atoms with van der Waals surface area (Å²) in [6.45, 7) is 10.7. The number of hydrogen-bond donors (Lipinski definition) is 1. The molecule has 0 amide bonds. The molecule has 0 aromatic rings.